The monoisotopic (exact) mass is 408 g/mol. The van der Waals surface area contributed by atoms with Crippen LogP contribution in [0, 0.1) is 19.8 Å². The molecular weight excluding hydrogens is 376 g/mol. The lowest BCUT2D eigenvalue weighted by molar-refractivity contribution is 0.153. The highest BCUT2D eigenvalue weighted by Gasteiger charge is 2.30. The van der Waals surface area contributed by atoms with Gasteiger partial charge in [-0.2, -0.15) is 0 Å². The van der Waals surface area contributed by atoms with Crippen molar-refractivity contribution >= 4 is 5.69 Å². The lowest BCUT2D eigenvalue weighted by Gasteiger charge is -2.40. The predicted molar refractivity (Wildman–Crippen MR) is 118 cm³/mol. The van der Waals surface area contributed by atoms with Crippen LogP contribution in [-0.4, -0.2) is 51.3 Å². The average Bonchev–Trinajstić information content (AvgIpc) is 3.41. The third-order valence-electron chi connectivity index (χ3n) is 6.11. The zero-order valence-electron chi connectivity index (χ0n) is 18.5. The molecule has 0 bridgehead atoms. The van der Waals surface area contributed by atoms with E-state index in [1.165, 1.54) is 16.8 Å². The maximum Gasteiger partial charge on any atom is 0.168 e. The van der Waals surface area contributed by atoms with E-state index in [0.717, 1.165) is 44.2 Å². The van der Waals surface area contributed by atoms with E-state index in [1.54, 1.807) is 6.26 Å². The van der Waals surface area contributed by atoms with Gasteiger partial charge in [-0.15, -0.1) is 5.10 Å². The van der Waals surface area contributed by atoms with Gasteiger partial charge in [-0.3, -0.25) is 4.90 Å². The van der Waals surface area contributed by atoms with Crippen LogP contribution in [0.4, 0.5) is 5.69 Å². The van der Waals surface area contributed by atoms with Gasteiger partial charge in [-0.05, 0) is 65.9 Å². The Labute approximate surface area is 178 Å². The minimum Gasteiger partial charge on any atom is -0.467 e. The molecule has 1 unspecified atom stereocenters. The summed E-state index contributed by atoms with van der Waals surface area (Å²) in [5, 5.41) is 12.7. The first-order chi connectivity index (χ1) is 14.5. The van der Waals surface area contributed by atoms with Crippen LogP contribution in [0.15, 0.2) is 41.0 Å². The third-order valence-corrected chi connectivity index (χ3v) is 6.11. The van der Waals surface area contributed by atoms with Gasteiger partial charge in [-0.25, -0.2) is 4.68 Å². The zero-order chi connectivity index (χ0) is 21.1. The number of aryl methyl sites for hydroxylation is 1. The standard InChI is InChI=1S/C23H32N6O/c1-17(2)15-22(23-24-25-26-29(23)16-20-8-6-14-30-20)28-12-10-27(11-13-28)21-9-5-7-18(3)19(21)4/h5-9,14,17,22H,10-13,15-16H2,1-4H3. The number of aromatic nitrogens is 4. The molecule has 1 aromatic carbocycles. The number of anilines is 1. The second kappa shape index (κ2) is 9.00. The molecule has 7 nitrogen and oxygen atoms in total. The fraction of sp³-hybridized carbons (Fsp3) is 0.522. The van der Waals surface area contributed by atoms with Crippen LogP contribution in [0.25, 0.3) is 0 Å². The van der Waals surface area contributed by atoms with Crippen molar-refractivity contribution in [2.24, 2.45) is 5.92 Å². The van der Waals surface area contributed by atoms with E-state index in [9.17, 15) is 0 Å². The first kappa shape index (κ1) is 20.6. The van der Waals surface area contributed by atoms with Crippen LogP contribution < -0.4 is 4.90 Å². The molecule has 0 amide bonds. The van der Waals surface area contributed by atoms with Crippen LogP contribution in [0.1, 0.15) is 49.0 Å². The van der Waals surface area contributed by atoms with Gasteiger partial charge in [0.05, 0.1) is 12.3 Å². The Balaban J connectivity index is 1.51. The summed E-state index contributed by atoms with van der Waals surface area (Å²) in [6, 6.07) is 10.7. The number of nitrogens with zero attached hydrogens (tertiary/aromatic N) is 6. The summed E-state index contributed by atoms with van der Waals surface area (Å²) in [6.45, 7) is 13.5. The lowest BCUT2D eigenvalue weighted by Crippen LogP contribution is -2.48. The average molecular weight is 409 g/mol. The minimum absolute atomic E-state index is 0.204. The largest absolute Gasteiger partial charge is 0.467 e. The molecule has 2 aromatic heterocycles. The second-order valence-corrected chi connectivity index (χ2v) is 8.66. The molecule has 0 N–H and O–H groups in total. The summed E-state index contributed by atoms with van der Waals surface area (Å²) < 4.78 is 7.41. The highest BCUT2D eigenvalue weighted by Crippen LogP contribution is 2.30. The molecule has 1 saturated heterocycles. The van der Waals surface area contributed by atoms with Gasteiger partial charge in [0.2, 0.25) is 0 Å². The number of hydrogen-bond acceptors (Lipinski definition) is 6. The van der Waals surface area contributed by atoms with E-state index >= 15 is 0 Å². The van der Waals surface area contributed by atoms with Gasteiger partial charge in [0.1, 0.15) is 12.3 Å². The molecule has 0 saturated carbocycles. The molecule has 0 radical (unpaired) electrons. The molecule has 1 fully saturated rings. The minimum atomic E-state index is 0.204. The number of furan rings is 1. The lowest BCUT2D eigenvalue weighted by atomic mass is 10.0. The summed E-state index contributed by atoms with van der Waals surface area (Å²) in [5.74, 6) is 2.35. The highest BCUT2D eigenvalue weighted by molar-refractivity contribution is 5.56. The fourth-order valence-corrected chi connectivity index (χ4v) is 4.33. The number of benzene rings is 1. The third kappa shape index (κ3) is 4.41. The molecule has 3 heterocycles. The van der Waals surface area contributed by atoms with Gasteiger partial charge in [0.25, 0.3) is 0 Å². The molecule has 1 aliphatic heterocycles. The Kier molecular flexibility index (Phi) is 6.18. The molecular formula is C23H32N6O. The zero-order valence-corrected chi connectivity index (χ0v) is 18.5. The molecule has 1 atom stereocenters. The SMILES string of the molecule is Cc1cccc(N2CCN(C(CC(C)C)c3nnnn3Cc3ccco3)CC2)c1C. The molecule has 0 aliphatic carbocycles. The molecule has 0 spiro atoms. The van der Waals surface area contributed by atoms with E-state index in [0.29, 0.717) is 12.5 Å². The molecule has 3 aromatic rings. The van der Waals surface area contributed by atoms with Crippen molar-refractivity contribution in [2.75, 3.05) is 31.1 Å². The highest BCUT2D eigenvalue weighted by atomic mass is 16.3. The molecule has 160 valence electrons. The Bertz CT molecular complexity index is 941. The van der Waals surface area contributed by atoms with Crippen molar-refractivity contribution in [1.82, 2.24) is 25.1 Å². The number of rotatable bonds is 7. The van der Waals surface area contributed by atoms with E-state index in [-0.39, 0.29) is 6.04 Å². The summed E-state index contributed by atoms with van der Waals surface area (Å²) >= 11 is 0. The maximum atomic E-state index is 5.52. The van der Waals surface area contributed by atoms with Gasteiger partial charge >= 0.3 is 0 Å². The number of tetrazole rings is 1. The molecule has 30 heavy (non-hydrogen) atoms. The van der Waals surface area contributed by atoms with E-state index < -0.39 is 0 Å². The van der Waals surface area contributed by atoms with Gasteiger partial charge in [0, 0.05) is 31.9 Å². The summed E-state index contributed by atoms with van der Waals surface area (Å²) in [7, 11) is 0. The van der Waals surface area contributed by atoms with Crippen molar-refractivity contribution in [1.29, 1.82) is 0 Å². The predicted octanol–water partition coefficient (Wildman–Crippen LogP) is 3.84. The normalized spacial score (nSPS) is 16.4. The van der Waals surface area contributed by atoms with Crippen molar-refractivity contribution in [3.8, 4) is 0 Å². The van der Waals surface area contributed by atoms with Crippen LogP contribution >= 0.6 is 0 Å². The Morgan fingerprint density at radius 1 is 1.03 bits per heavy atom. The van der Waals surface area contributed by atoms with Crippen LogP contribution in [0.3, 0.4) is 0 Å². The Hall–Kier alpha value is -2.67. The summed E-state index contributed by atoms with van der Waals surface area (Å²) in [6.07, 6.45) is 2.72. The topological polar surface area (TPSA) is 63.2 Å². The van der Waals surface area contributed by atoms with Crippen LogP contribution in [-0.2, 0) is 6.54 Å². The number of piperazine rings is 1. The second-order valence-electron chi connectivity index (χ2n) is 8.66. The van der Waals surface area contributed by atoms with Crippen LogP contribution in [0.2, 0.25) is 0 Å². The smallest absolute Gasteiger partial charge is 0.168 e. The Morgan fingerprint density at radius 3 is 2.53 bits per heavy atom. The summed E-state index contributed by atoms with van der Waals surface area (Å²) in [4.78, 5) is 5.06. The molecule has 7 heteroatoms. The van der Waals surface area contributed by atoms with Crippen molar-refractivity contribution < 1.29 is 4.42 Å². The van der Waals surface area contributed by atoms with Crippen molar-refractivity contribution in [2.45, 2.75) is 46.7 Å². The van der Waals surface area contributed by atoms with Crippen molar-refractivity contribution in [3.05, 3.63) is 59.3 Å². The van der Waals surface area contributed by atoms with E-state index in [4.69, 9.17) is 4.42 Å². The summed E-state index contributed by atoms with van der Waals surface area (Å²) in [5.41, 5.74) is 4.09. The molecule has 1 aliphatic rings. The fourth-order valence-electron chi connectivity index (χ4n) is 4.33. The van der Waals surface area contributed by atoms with Gasteiger partial charge in [-0.1, -0.05) is 26.0 Å². The quantitative estimate of drug-likeness (QED) is 0.592. The molecule has 4 rings (SSSR count). The maximum absolute atomic E-state index is 5.52. The Morgan fingerprint density at radius 2 is 1.83 bits per heavy atom. The van der Waals surface area contributed by atoms with Gasteiger partial charge < -0.3 is 9.32 Å². The first-order valence-corrected chi connectivity index (χ1v) is 10.9. The first-order valence-electron chi connectivity index (χ1n) is 10.9. The van der Waals surface area contributed by atoms with Crippen LogP contribution in [0.5, 0.6) is 0 Å². The number of hydrogen-bond donors (Lipinski definition) is 0. The van der Waals surface area contributed by atoms with E-state index in [1.807, 2.05) is 16.8 Å². The van der Waals surface area contributed by atoms with Gasteiger partial charge in [0.15, 0.2) is 5.82 Å². The van der Waals surface area contributed by atoms with Crippen molar-refractivity contribution in [3.63, 3.8) is 0 Å². The van der Waals surface area contributed by atoms with E-state index in [2.05, 4.69) is 71.2 Å².